The molecule has 44 heavy (non-hydrogen) atoms. The first-order valence-electron chi connectivity index (χ1n) is 15.5. The first-order valence-corrected chi connectivity index (χ1v) is 15.5. The number of ether oxygens (including phenoxy) is 2. The third-order valence-electron chi connectivity index (χ3n) is 10.5. The van der Waals surface area contributed by atoms with E-state index in [1.165, 1.54) is 16.0 Å². The fourth-order valence-corrected chi connectivity index (χ4v) is 8.23. The minimum Gasteiger partial charge on any atom is -0.472 e. The van der Waals surface area contributed by atoms with E-state index >= 15 is 4.39 Å². The summed E-state index contributed by atoms with van der Waals surface area (Å²) in [4.78, 5) is 62.0. The number of aromatic nitrogens is 1. The van der Waals surface area contributed by atoms with E-state index in [2.05, 4.69) is 21.7 Å². The Labute approximate surface area is 254 Å². The molecule has 3 aliphatic heterocycles. The molecule has 12 nitrogen and oxygen atoms in total. The Morgan fingerprint density at radius 2 is 2.02 bits per heavy atom. The number of rotatable bonds is 4. The second-order valence-electron chi connectivity index (χ2n) is 14.4. The number of anilines is 1. The van der Waals surface area contributed by atoms with E-state index in [4.69, 9.17) is 9.47 Å². The number of alkyl halides is 1. The van der Waals surface area contributed by atoms with Crippen molar-refractivity contribution in [1.82, 2.24) is 20.1 Å². The Morgan fingerprint density at radius 3 is 2.73 bits per heavy atom. The molecule has 3 aliphatic carbocycles. The summed E-state index contributed by atoms with van der Waals surface area (Å²) in [6, 6.07) is 2.42. The van der Waals surface area contributed by atoms with Gasteiger partial charge in [-0.15, -0.1) is 0 Å². The maximum atomic E-state index is 15.2. The molecule has 1 spiro atoms. The number of carbonyl (C=O) groups is 4. The molecular weight excluding hydrogens is 571 g/mol. The van der Waals surface area contributed by atoms with Gasteiger partial charge in [0, 0.05) is 19.2 Å². The third kappa shape index (κ3) is 4.56. The van der Waals surface area contributed by atoms with Crippen LogP contribution in [0.15, 0.2) is 18.3 Å². The molecule has 6 aliphatic rings. The minimum atomic E-state index is -1.52. The van der Waals surface area contributed by atoms with Crippen LogP contribution < -0.4 is 15.4 Å². The number of carbonyl (C=O) groups excluding carboxylic acids is 4. The molecule has 7 rings (SSSR count). The van der Waals surface area contributed by atoms with Gasteiger partial charge in [0.15, 0.2) is 11.6 Å². The Morgan fingerprint density at radius 1 is 1.25 bits per heavy atom. The Bertz CT molecular complexity index is 1460. The zero-order chi connectivity index (χ0) is 31.1. The van der Waals surface area contributed by atoms with Gasteiger partial charge in [-0.05, 0) is 66.9 Å². The Balaban J connectivity index is 1.20. The van der Waals surface area contributed by atoms with Crippen LogP contribution in [0.2, 0.25) is 0 Å². The highest BCUT2D eigenvalue weighted by atomic mass is 19.1. The largest absolute Gasteiger partial charge is 0.472 e. The van der Waals surface area contributed by atoms with Crippen LogP contribution in [0.3, 0.4) is 0 Å². The molecule has 1 aromatic rings. The zero-order valence-electron chi connectivity index (χ0n) is 25.0. The number of hydrogen-bond acceptors (Lipinski definition) is 8. The van der Waals surface area contributed by atoms with Crippen molar-refractivity contribution in [3.8, 4) is 11.8 Å². The summed E-state index contributed by atoms with van der Waals surface area (Å²) in [5.41, 5.74) is -2.24. The van der Waals surface area contributed by atoms with Gasteiger partial charge >= 0.3 is 6.09 Å². The van der Waals surface area contributed by atoms with Crippen molar-refractivity contribution in [3.05, 3.63) is 18.3 Å². The van der Waals surface area contributed by atoms with Crippen LogP contribution in [-0.2, 0) is 19.1 Å². The van der Waals surface area contributed by atoms with Crippen molar-refractivity contribution in [2.45, 2.75) is 88.9 Å². The fraction of sp³-hybridized carbons (Fsp3) is 0.677. The predicted molar refractivity (Wildman–Crippen MR) is 151 cm³/mol. The molecule has 2 bridgehead atoms. The van der Waals surface area contributed by atoms with Crippen molar-refractivity contribution < 1.29 is 33.0 Å². The van der Waals surface area contributed by atoms with Crippen molar-refractivity contribution >= 4 is 29.6 Å². The van der Waals surface area contributed by atoms with Crippen LogP contribution in [0.1, 0.15) is 52.9 Å². The van der Waals surface area contributed by atoms with Gasteiger partial charge in [-0.25, -0.2) is 14.2 Å². The van der Waals surface area contributed by atoms with Crippen molar-refractivity contribution in [1.29, 1.82) is 5.26 Å². The van der Waals surface area contributed by atoms with Crippen LogP contribution in [0, 0.1) is 40.4 Å². The van der Waals surface area contributed by atoms with E-state index in [0.29, 0.717) is 18.6 Å². The number of nitrogens with zero attached hydrogens (tertiary/aromatic N) is 4. The molecule has 4 amide bonds. The van der Waals surface area contributed by atoms with Gasteiger partial charge in [0.05, 0.1) is 12.6 Å². The number of alkyl carbamates (subject to hydrolysis) is 1. The van der Waals surface area contributed by atoms with Crippen molar-refractivity contribution in [3.63, 3.8) is 0 Å². The normalized spacial score (nSPS) is 35.8. The SMILES string of the molecule is CC(C)(C)C(NC(=O)OC1CC1)C(=O)N1CC2C3CC(F)C(C3)C2C1C(=O)N1CC2(CC1C#N)Oc1cccnc1NC2=O. The van der Waals surface area contributed by atoms with Crippen LogP contribution in [0.25, 0.3) is 0 Å². The summed E-state index contributed by atoms with van der Waals surface area (Å²) in [5, 5.41) is 15.6. The molecule has 13 heteroatoms. The van der Waals surface area contributed by atoms with Crippen LogP contribution in [0.5, 0.6) is 5.75 Å². The maximum Gasteiger partial charge on any atom is 0.408 e. The van der Waals surface area contributed by atoms with E-state index < -0.39 is 65.0 Å². The number of likely N-dealkylation sites (tertiary alicyclic amines) is 2. The number of pyridine rings is 1. The minimum absolute atomic E-state index is 0.0436. The van der Waals surface area contributed by atoms with Crippen LogP contribution >= 0.6 is 0 Å². The van der Waals surface area contributed by atoms with Gasteiger partial charge < -0.3 is 29.9 Å². The quantitative estimate of drug-likeness (QED) is 0.528. The second-order valence-corrected chi connectivity index (χ2v) is 14.4. The highest BCUT2D eigenvalue weighted by Gasteiger charge is 2.65. The lowest BCUT2D eigenvalue weighted by molar-refractivity contribution is -0.149. The smallest absolute Gasteiger partial charge is 0.408 e. The number of fused-ring (bicyclic) bond motifs is 6. The summed E-state index contributed by atoms with van der Waals surface area (Å²) < 4.78 is 26.7. The fourth-order valence-electron chi connectivity index (χ4n) is 8.23. The summed E-state index contributed by atoms with van der Waals surface area (Å²) in [5.74, 6) is -1.71. The number of hydrogen-bond donors (Lipinski definition) is 2. The molecular formula is C31H37FN6O6. The van der Waals surface area contributed by atoms with Gasteiger partial charge in [0.1, 0.15) is 30.4 Å². The summed E-state index contributed by atoms with van der Waals surface area (Å²) in [6.45, 7) is 5.52. The van der Waals surface area contributed by atoms with Gasteiger partial charge in [0.2, 0.25) is 17.4 Å². The lowest BCUT2D eigenvalue weighted by Crippen LogP contribution is -2.60. The molecule has 2 saturated heterocycles. The molecule has 4 heterocycles. The number of nitrogens with one attached hydrogen (secondary N) is 2. The van der Waals surface area contributed by atoms with E-state index in [9.17, 15) is 24.4 Å². The van der Waals surface area contributed by atoms with E-state index in [1.807, 2.05) is 20.8 Å². The molecule has 3 saturated carbocycles. The first kappa shape index (κ1) is 28.8. The van der Waals surface area contributed by atoms with Crippen LogP contribution in [-0.4, -0.2) is 87.7 Å². The highest BCUT2D eigenvalue weighted by Crippen LogP contribution is 2.59. The molecule has 9 atom stereocenters. The third-order valence-corrected chi connectivity index (χ3v) is 10.5. The maximum absolute atomic E-state index is 15.2. The van der Waals surface area contributed by atoms with Gasteiger partial charge in [-0.1, -0.05) is 20.8 Å². The Hall–Kier alpha value is -3.95. The average molecular weight is 609 g/mol. The van der Waals surface area contributed by atoms with Gasteiger partial charge in [-0.3, -0.25) is 14.4 Å². The molecule has 5 fully saturated rings. The predicted octanol–water partition coefficient (Wildman–Crippen LogP) is 2.40. The highest BCUT2D eigenvalue weighted by molar-refractivity contribution is 6.01. The average Bonchev–Trinajstić information content (AvgIpc) is 3.29. The standard InChI is InChI=1S/C31H37FN6O6/c1-30(2,3)24(35-29(42)43-17-6-7-17)27(40)37-13-19-15-9-18(20(32)10-15)22(19)23(37)26(39)38-14-31(11-16(38)12-33)28(41)36-25-21(44-31)5-4-8-34-25/h4-5,8,15-20,22-24H,6-7,9-11,13-14H2,1-3H3,(H,35,42)(H,34,36,41). The van der Waals surface area contributed by atoms with Crippen LogP contribution in [0.4, 0.5) is 15.0 Å². The van der Waals surface area contributed by atoms with Crippen molar-refractivity contribution in [2.75, 3.05) is 18.4 Å². The molecule has 9 unspecified atom stereocenters. The van der Waals surface area contributed by atoms with Gasteiger partial charge in [0.25, 0.3) is 5.91 Å². The summed E-state index contributed by atoms with van der Waals surface area (Å²) >= 11 is 0. The molecule has 234 valence electrons. The lowest BCUT2D eigenvalue weighted by Gasteiger charge is -2.38. The monoisotopic (exact) mass is 608 g/mol. The Kier molecular flexibility index (Phi) is 6.57. The van der Waals surface area contributed by atoms with E-state index in [-0.39, 0.29) is 49.2 Å². The molecule has 1 aromatic heterocycles. The second kappa shape index (κ2) is 10.0. The number of halogens is 1. The first-order chi connectivity index (χ1) is 20.9. The van der Waals surface area contributed by atoms with Gasteiger partial charge in [-0.2, -0.15) is 5.26 Å². The summed E-state index contributed by atoms with van der Waals surface area (Å²) in [6.07, 6.45) is 2.14. The topological polar surface area (TPSA) is 154 Å². The molecule has 0 radical (unpaired) electrons. The summed E-state index contributed by atoms with van der Waals surface area (Å²) in [7, 11) is 0. The van der Waals surface area contributed by atoms with E-state index in [0.717, 1.165) is 12.8 Å². The van der Waals surface area contributed by atoms with E-state index in [1.54, 1.807) is 12.1 Å². The zero-order valence-corrected chi connectivity index (χ0v) is 25.0. The lowest BCUT2D eigenvalue weighted by atomic mass is 9.77. The molecule has 2 N–H and O–H groups in total. The van der Waals surface area contributed by atoms with Crippen molar-refractivity contribution in [2.24, 2.45) is 29.1 Å². The molecule has 0 aromatic carbocycles. The number of nitriles is 1. The number of amides is 4.